The van der Waals surface area contributed by atoms with E-state index in [-0.39, 0.29) is 21.4 Å². The predicted molar refractivity (Wildman–Crippen MR) is 89.4 cm³/mol. The van der Waals surface area contributed by atoms with Gasteiger partial charge in [-0.05, 0) is 12.2 Å². The number of anilines is 2. The molecule has 0 spiro atoms. The third kappa shape index (κ3) is 3.46. The fraction of sp³-hybridized carbons (Fsp3) is 0.583. The minimum Gasteiger partial charge on any atom is -0.396 e. The molecule has 0 atom stereocenters. The van der Waals surface area contributed by atoms with Crippen molar-refractivity contribution in [3.8, 4) is 0 Å². The summed E-state index contributed by atoms with van der Waals surface area (Å²) in [5, 5.41) is 3.10. The number of carbonyl (C=O) groups is 1. The molecular weight excluding hydrogens is 330 g/mol. The van der Waals surface area contributed by atoms with Gasteiger partial charge in [0.15, 0.2) is 9.84 Å². The first-order chi connectivity index (χ1) is 9.86. The molecule has 21 heavy (non-hydrogen) atoms. The van der Waals surface area contributed by atoms with Gasteiger partial charge in [-0.2, -0.15) is 11.8 Å². The second kappa shape index (κ2) is 6.45. The van der Waals surface area contributed by atoms with Crippen molar-refractivity contribution in [3.05, 3.63) is 4.88 Å². The summed E-state index contributed by atoms with van der Waals surface area (Å²) in [6.45, 7) is 1.54. The third-order valence-corrected chi connectivity index (χ3v) is 6.79. The number of thioether (sulfide) groups is 1. The van der Waals surface area contributed by atoms with Crippen molar-refractivity contribution in [2.45, 2.75) is 11.3 Å². The summed E-state index contributed by atoms with van der Waals surface area (Å²) in [5.41, 5.74) is 6.01. The Morgan fingerprint density at radius 2 is 2.05 bits per heavy atom. The van der Waals surface area contributed by atoms with E-state index in [1.165, 1.54) is 7.05 Å². The molecule has 3 N–H and O–H groups in total. The number of rotatable bonds is 3. The highest BCUT2D eigenvalue weighted by atomic mass is 32.2. The molecule has 0 unspecified atom stereocenters. The number of thiophene rings is 1. The van der Waals surface area contributed by atoms with E-state index in [2.05, 4.69) is 5.32 Å². The van der Waals surface area contributed by atoms with E-state index < -0.39 is 9.84 Å². The van der Waals surface area contributed by atoms with Gasteiger partial charge >= 0.3 is 0 Å². The normalized spacial score (nSPS) is 16.6. The van der Waals surface area contributed by atoms with Gasteiger partial charge in [0, 0.05) is 32.1 Å². The first-order valence-electron chi connectivity index (χ1n) is 6.53. The zero-order chi connectivity index (χ0) is 15.6. The van der Waals surface area contributed by atoms with E-state index in [9.17, 15) is 13.2 Å². The molecule has 1 amide bonds. The predicted octanol–water partition coefficient (Wildman–Crippen LogP) is 1.04. The first-order valence-corrected chi connectivity index (χ1v) is 10.4. The number of hydrogen-bond donors (Lipinski definition) is 2. The van der Waals surface area contributed by atoms with E-state index >= 15 is 0 Å². The molecule has 0 radical (unpaired) electrons. The van der Waals surface area contributed by atoms with Gasteiger partial charge in [0.1, 0.15) is 14.8 Å². The van der Waals surface area contributed by atoms with Crippen LogP contribution in [0.5, 0.6) is 0 Å². The van der Waals surface area contributed by atoms with Crippen LogP contribution in [-0.4, -0.2) is 52.2 Å². The van der Waals surface area contributed by atoms with Gasteiger partial charge in [-0.15, -0.1) is 11.3 Å². The van der Waals surface area contributed by atoms with Crippen LogP contribution >= 0.6 is 23.1 Å². The minimum absolute atomic E-state index is 0.0637. The van der Waals surface area contributed by atoms with Crippen molar-refractivity contribution >= 4 is 49.5 Å². The topological polar surface area (TPSA) is 92.5 Å². The molecule has 2 heterocycles. The fourth-order valence-electron chi connectivity index (χ4n) is 2.21. The third-order valence-electron chi connectivity index (χ3n) is 3.20. The quantitative estimate of drug-likeness (QED) is 0.847. The van der Waals surface area contributed by atoms with Crippen molar-refractivity contribution in [3.63, 3.8) is 0 Å². The molecule has 0 saturated carbocycles. The Bertz CT molecular complexity index is 632. The summed E-state index contributed by atoms with van der Waals surface area (Å²) in [4.78, 5) is 14.3. The van der Waals surface area contributed by atoms with Crippen LogP contribution in [0.3, 0.4) is 0 Å². The van der Waals surface area contributed by atoms with Crippen LogP contribution in [0.1, 0.15) is 16.1 Å². The van der Waals surface area contributed by atoms with E-state index in [1.807, 2.05) is 16.7 Å². The Morgan fingerprint density at radius 1 is 1.33 bits per heavy atom. The van der Waals surface area contributed by atoms with Crippen LogP contribution in [0, 0.1) is 0 Å². The maximum absolute atomic E-state index is 12.1. The molecule has 1 aliphatic rings. The first kappa shape index (κ1) is 16.4. The van der Waals surface area contributed by atoms with Crippen molar-refractivity contribution in [2.75, 3.05) is 48.5 Å². The monoisotopic (exact) mass is 349 g/mol. The molecule has 9 heteroatoms. The Labute approximate surface area is 133 Å². The number of hydrogen-bond acceptors (Lipinski definition) is 7. The lowest BCUT2D eigenvalue weighted by molar-refractivity contribution is 0.0968. The van der Waals surface area contributed by atoms with Crippen LogP contribution in [0.4, 0.5) is 10.7 Å². The lowest BCUT2D eigenvalue weighted by atomic mass is 10.3. The smallest absolute Gasteiger partial charge is 0.263 e. The number of nitrogen functional groups attached to an aromatic ring is 1. The SMILES string of the molecule is CNC(=O)c1sc(N2CCCSCC2)c(S(C)(=O)=O)c1N. The Kier molecular flexibility index (Phi) is 5.05. The highest BCUT2D eigenvalue weighted by Gasteiger charge is 2.29. The highest BCUT2D eigenvalue weighted by Crippen LogP contribution is 2.42. The van der Waals surface area contributed by atoms with Gasteiger partial charge in [-0.3, -0.25) is 4.79 Å². The largest absolute Gasteiger partial charge is 0.396 e. The summed E-state index contributed by atoms with van der Waals surface area (Å²) < 4.78 is 24.2. The van der Waals surface area contributed by atoms with Crippen LogP contribution < -0.4 is 16.0 Å². The number of nitrogens with two attached hydrogens (primary N) is 1. The Hall–Kier alpha value is -0.930. The maximum atomic E-state index is 12.1. The summed E-state index contributed by atoms with van der Waals surface area (Å²) in [7, 11) is -1.99. The number of carbonyl (C=O) groups excluding carboxylic acids is 1. The van der Waals surface area contributed by atoms with Crippen LogP contribution in [-0.2, 0) is 9.84 Å². The summed E-state index contributed by atoms with van der Waals surface area (Å²) in [6.07, 6.45) is 2.12. The molecule has 0 aromatic carbocycles. The second-order valence-corrected chi connectivity index (χ2v) is 8.96. The lowest BCUT2D eigenvalue weighted by Gasteiger charge is -2.21. The van der Waals surface area contributed by atoms with Crippen LogP contribution in [0.25, 0.3) is 0 Å². The molecule has 1 saturated heterocycles. The second-order valence-electron chi connectivity index (χ2n) is 4.78. The zero-order valence-corrected chi connectivity index (χ0v) is 14.5. The zero-order valence-electron chi connectivity index (χ0n) is 12.0. The number of nitrogens with zero attached hydrogens (tertiary/aromatic N) is 1. The molecule has 6 nitrogen and oxygen atoms in total. The minimum atomic E-state index is -3.49. The number of amides is 1. The number of sulfone groups is 1. The average molecular weight is 350 g/mol. The van der Waals surface area contributed by atoms with E-state index in [0.717, 1.165) is 48.6 Å². The lowest BCUT2D eigenvalue weighted by Crippen LogP contribution is -2.26. The summed E-state index contributed by atoms with van der Waals surface area (Å²) in [6, 6.07) is 0. The molecule has 0 aliphatic carbocycles. The van der Waals surface area contributed by atoms with E-state index in [1.54, 1.807) is 0 Å². The molecule has 1 aliphatic heterocycles. The van der Waals surface area contributed by atoms with Crippen LogP contribution in [0.15, 0.2) is 4.90 Å². The van der Waals surface area contributed by atoms with Gasteiger partial charge in [-0.1, -0.05) is 0 Å². The number of nitrogens with one attached hydrogen (secondary N) is 1. The Morgan fingerprint density at radius 3 is 2.67 bits per heavy atom. The molecule has 0 bridgehead atoms. The molecule has 1 aromatic rings. The van der Waals surface area contributed by atoms with Gasteiger partial charge < -0.3 is 16.0 Å². The van der Waals surface area contributed by atoms with Crippen molar-refractivity contribution in [2.24, 2.45) is 0 Å². The van der Waals surface area contributed by atoms with Crippen molar-refractivity contribution in [1.82, 2.24) is 5.32 Å². The highest BCUT2D eigenvalue weighted by molar-refractivity contribution is 7.99. The summed E-state index contributed by atoms with van der Waals surface area (Å²) in [5.74, 6) is 1.65. The molecule has 118 valence electrons. The van der Waals surface area contributed by atoms with Crippen LogP contribution in [0.2, 0.25) is 0 Å². The summed E-state index contributed by atoms with van der Waals surface area (Å²) >= 11 is 3.01. The van der Waals surface area contributed by atoms with Crippen molar-refractivity contribution < 1.29 is 13.2 Å². The van der Waals surface area contributed by atoms with E-state index in [4.69, 9.17) is 5.73 Å². The van der Waals surface area contributed by atoms with E-state index in [0.29, 0.717) is 5.00 Å². The Balaban J connectivity index is 2.55. The van der Waals surface area contributed by atoms with Gasteiger partial charge in [0.2, 0.25) is 0 Å². The average Bonchev–Trinajstić information content (AvgIpc) is 2.62. The van der Waals surface area contributed by atoms with Crippen molar-refractivity contribution in [1.29, 1.82) is 0 Å². The van der Waals surface area contributed by atoms with Gasteiger partial charge in [0.05, 0.1) is 5.69 Å². The standard InChI is InChI=1S/C12H19N3O3S3/c1-14-11(16)9-8(13)10(21(2,17)18)12(20-9)15-4-3-6-19-7-5-15/h3-7,13H2,1-2H3,(H,14,16). The molecule has 2 rings (SSSR count). The van der Waals surface area contributed by atoms with Gasteiger partial charge in [-0.25, -0.2) is 8.42 Å². The van der Waals surface area contributed by atoms with Gasteiger partial charge in [0.25, 0.3) is 5.91 Å². The molecule has 1 fully saturated rings. The molecule has 1 aromatic heterocycles. The maximum Gasteiger partial charge on any atom is 0.263 e. The fourth-order valence-corrected chi connectivity index (χ4v) is 5.81. The molecular formula is C12H19N3O3S3.